The second-order valence-electron chi connectivity index (χ2n) is 5.88. The van der Waals surface area contributed by atoms with Crippen LogP contribution in [0.15, 0.2) is 42.7 Å². The average Bonchev–Trinajstić information content (AvgIpc) is 3.06. The van der Waals surface area contributed by atoms with Crippen molar-refractivity contribution in [2.75, 3.05) is 17.2 Å². The van der Waals surface area contributed by atoms with Gasteiger partial charge in [-0.05, 0) is 55.2 Å². The van der Waals surface area contributed by atoms with E-state index in [1.807, 2.05) is 28.6 Å². The molecule has 0 saturated heterocycles. The fourth-order valence-electron chi connectivity index (χ4n) is 2.80. The van der Waals surface area contributed by atoms with Crippen molar-refractivity contribution in [3.63, 3.8) is 0 Å². The van der Waals surface area contributed by atoms with Gasteiger partial charge in [0.1, 0.15) is 17.2 Å². The molecule has 2 aromatic carbocycles. The van der Waals surface area contributed by atoms with Crippen LogP contribution in [0.4, 0.5) is 11.4 Å². The van der Waals surface area contributed by atoms with Gasteiger partial charge in [0, 0.05) is 18.5 Å². The first-order valence-corrected chi connectivity index (χ1v) is 8.04. The number of nitrogens with one attached hydrogen (secondary N) is 1. The van der Waals surface area contributed by atoms with Crippen molar-refractivity contribution in [2.45, 2.75) is 27.2 Å². The van der Waals surface area contributed by atoms with E-state index in [4.69, 9.17) is 4.74 Å². The molecule has 1 heterocycles. The Morgan fingerprint density at radius 1 is 1.12 bits per heavy atom. The molecule has 3 rings (SSSR count). The predicted molar refractivity (Wildman–Crippen MR) is 97.2 cm³/mol. The van der Waals surface area contributed by atoms with Crippen molar-refractivity contribution in [3.8, 4) is 11.5 Å². The summed E-state index contributed by atoms with van der Waals surface area (Å²) in [7, 11) is 1.62. The molecule has 24 heavy (non-hydrogen) atoms. The molecule has 0 radical (unpaired) electrons. The molecule has 1 aliphatic heterocycles. The van der Waals surface area contributed by atoms with E-state index >= 15 is 0 Å². The molecular weight excluding hydrogens is 302 g/mol. The number of anilines is 2. The molecule has 0 aromatic heterocycles. The molecule has 0 aliphatic carbocycles. The predicted octanol–water partition coefficient (Wildman–Crippen LogP) is 3.80. The largest absolute Gasteiger partial charge is 0.505 e. The lowest BCUT2D eigenvalue weighted by molar-refractivity contribution is 0.403. The topological polar surface area (TPSA) is 48.0 Å². The van der Waals surface area contributed by atoms with Gasteiger partial charge in [-0.1, -0.05) is 13.0 Å². The zero-order valence-electron chi connectivity index (χ0n) is 14.5. The van der Waals surface area contributed by atoms with E-state index in [0.29, 0.717) is 11.4 Å². The van der Waals surface area contributed by atoms with Crippen molar-refractivity contribution >= 4 is 11.4 Å². The zero-order valence-corrected chi connectivity index (χ0v) is 14.5. The molecule has 2 N–H and O–H groups in total. The van der Waals surface area contributed by atoms with E-state index < -0.39 is 0 Å². The molecule has 5 nitrogen and oxygen atoms in total. The Morgan fingerprint density at radius 3 is 2.58 bits per heavy atom. The summed E-state index contributed by atoms with van der Waals surface area (Å²) in [5, 5.41) is 14.2. The van der Waals surface area contributed by atoms with Gasteiger partial charge in [-0.2, -0.15) is 5.12 Å². The third kappa shape index (κ3) is 2.73. The normalized spacial score (nSPS) is 13.3. The zero-order chi connectivity index (χ0) is 17.3. The first-order valence-electron chi connectivity index (χ1n) is 8.04. The van der Waals surface area contributed by atoms with Crippen molar-refractivity contribution in [2.24, 2.45) is 0 Å². The van der Waals surface area contributed by atoms with Crippen molar-refractivity contribution < 1.29 is 9.84 Å². The number of nitrogens with zero attached hydrogens (tertiary/aromatic N) is 2. The smallest absolute Gasteiger partial charge is 0.146 e. The average molecular weight is 325 g/mol. The molecule has 5 heteroatoms. The molecule has 0 fully saturated rings. The second-order valence-corrected chi connectivity index (χ2v) is 5.88. The minimum atomic E-state index is 0.161. The molecule has 0 spiro atoms. The summed E-state index contributed by atoms with van der Waals surface area (Å²) >= 11 is 0. The Balaban J connectivity index is 2.01. The highest BCUT2D eigenvalue weighted by Gasteiger charge is 2.23. The number of benzene rings is 2. The summed E-state index contributed by atoms with van der Waals surface area (Å²) in [4.78, 5) is 0. The maximum Gasteiger partial charge on any atom is 0.146 e. The van der Waals surface area contributed by atoms with Gasteiger partial charge in [-0.3, -0.25) is 5.43 Å². The van der Waals surface area contributed by atoms with Gasteiger partial charge < -0.3 is 9.84 Å². The highest BCUT2D eigenvalue weighted by Crippen LogP contribution is 2.37. The lowest BCUT2D eigenvalue weighted by atomic mass is 10.1. The standard InChI is InChI=1S/C19H23N3O2/c1-5-15-11-17(18(23)12-19(15)24-4)22-20-8-9-21(22)16-7-6-13(2)14(3)10-16/h6-12,20,23H,5H2,1-4H3. The number of rotatable bonds is 4. The number of hydrogen-bond acceptors (Lipinski definition) is 5. The maximum absolute atomic E-state index is 10.5. The Labute approximate surface area is 142 Å². The summed E-state index contributed by atoms with van der Waals surface area (Å²) in [6.07, 6.45) is 4.59. The SMILES string of the molecule is CCc1cc(N2NC=CN2c2ccc(C)c(C)c2)c(O)cc1OC. The van der Waals surface area contributed by atoms with Gasteiger partial charge in [0.05, 0.1) is 12.8 Å². The van der Waals surface area contributed by atoms with Gasteiger partial charge in [0.25, 0.3) is 0 Å². The number of hydrogen-bond donors (Lipinski definition) is 2. The first kappa shape index (κ1) is 16.1. The molecule has 0 atom stereocenters. The summed E-state index contributed by atoms with van der Waals surface area (Å²) in [5.74, 6) is 0.859. The van der Waals surface area contributed by atoms with Gasteiger partial charge in [-0.15, -0.1) is 0 Å². The van der Waals surface area contributed by atoms with Crippen molar-refractivity contribution in [1.29, 1.82) is 0 Å². The van der Waals surface area contributed by atoms with E-state index in [9.17, 15) is 5.11 Å². The molecule has 0 amide bonds. The van der Waals surface area contributed by atoms with Gasteiger partial charge >= 0.3 is 0 Å². The number of phenolic OH excluding ortho intramolecular Hbond substituents is 1. The van der Waals surface area contributed by atoms with Crippen LogP contribution in [0.3, 0.4) is 0 Å². The highest BCUT2D eigenvalue weighted by atomic mass is 16.5. The molecule has 1 aliphatic rings. The Bertz CT molecular complexity index is 786. The van der Waals surface area contributed by atoms with Crippen LogP contribution in [-0.4, -0.2) is 12.2 Å². The number of phenols is 1. The quantitative estimate of drug-likeness (QED) is 0.895. The lowest BCUT2D eigenvalue weighted by Gasteiger charge is -2.31. The number of hydrazine groups is 2. The molecule has 0 saturated carbocycles. The van der Waals surface area contributed by atoms with Crippen LogP contribution in [0.25, 0.3) is 0 Å². The Hall–Kier alpha value is -2.82. The summed E-state index contributed by atoms with van der Waals surface area (Å²) in [6.45, 7) is 6.25. The van der Waals surface area contributed by atoms with Crippen molar-refractivity contribution in [3.05, 3.63) is 59.4 Å². The number of aromatic hydroxyl groups is 1. The Morgan fingerprint density at radius 2 is 1.92 bits per heavy atom. The van der Waals surface area contributed by atoms with Crippen LogP contribution in [0.5, 0.6) is 11.5 Å². The summed E-state index contributed by atoms with van der Waals surface area (Å²) in [6, 6.07) is 9.89. The second kappa shape index (κ2) is 6.35. The van der Waals surface area contributed by atoms with Crippen LogP contribution in [0.2, 0.25) is 0 Å². The van der Waals surface area contributed by atoms with E-state index in [-0.39, 0.29) is 5.75 Å². The summed E-state index contributed by atoms with van der Waals surface area (Å²) in [5.41, 5.74) is 8.38. The lowest BCUT2D eigenvalue weighted by Crippen LogP contribution is -2.42. The monoisotopic (exact) mass is 325 g/mol. The third-order valence-corrected chi connectivity index (χ3v) is 4.37. The minimum Gasteiger partial charge on any atom is -0.505 e. The molecule has 0 bridgehead atoms. The van der Waals surface area contributed by atoms with E-state index in [2.05, 4.69) is 44.4 Å². The maximum atomic E-state index is 10.5. The minimum absolute atomic E-state index is 0.161. The molecule has 2 aromatic rings. The van der Waals surface area contributed by atoms with E-state index in [1.165, 1.54) is 11.1 Å². The number of methoxy groups -OCH3 is 1. The molecular formula is C19H23N3O2. The summed E-state index contributed by atoms with van der Waals surface area (Å²) < 4.78 is 5.35. The van der Waals surface area contributed by atoms with Gasteiger partial charge in [0.2, 0.25) is 0 Å². The van der Waals surface area contributed by atoms with Gasteiger partial charge in [0.15, 0.2) is 0 Å². The van der Waals surface area contributed by atoms with Crippen LogP contribution in [0.1, 0.15) is 23.6 Å². The highest BCUT2D eigenvalue weighted by molar-refractivity contribution is 5.69. The first-order chi connectivity index (χ1) is 11.5. The molecule has 0 unspecified atom stereocenters. The van der Waals surface area contributed by atoms with E-state index in [0.717, 1.165) is 17.7 Å². The fraction of sp³-hybridized carbons (Fsp3) is 0.263. The van der Waals surface area contributed by atoms with Crippen LogP contribution in [0, 0.1) is 13.8 Å². The number of aryl methyl sites for hydroxylation is 3. The van der Waals surface area contributed by atoms with Crippen molar-refractivity contribution in [1.82, 2.24) is 5.43 Å². The Kier molecular flexibility index (Phi) is 4.25. The van der Waals surface area contributed by atoms with Crippen LogP contribution in [-0.2, 0) is 6.42 Å². The van der Waals surface area contributed by atoms with E-state index in [1.54, 1.807) is 13.2 Å². The molecule has 126 valence electrons. The third-order valence-electron chi connectivity index (χ3n) is 4.37. The van der Waals surface area contributed by atoms with Crippen LogP contribution < -0.4 is 20.3 Å². The number of ether oxygens (including phenoxy) is 1. The van der Waals surface area contributed by atoms with Crippen LogP contribution >= 0.6 is 0 Å². The van der Waals surface area contributed by atoms with Gasteiger partial charge in [-0.25, -0.2) is 5.01 Å². The fourth-order valence-corrected chi connectivity index (χ4v) is 2.80.